The first-order valence-corrected chi connectivity index (χ1v) is 10.2. The summed E-state index contributed by atoms with van der Waals surface area (Å²) in [7, 11) is -1.60. The molecule has 0 aliphatic rings. The maximum atomic E-state index is 12.3. The highest BCUT2D eigenvalue weighted by atomic mass is 32.2. The third kappa shape index (κ3) is 5.56. The second-order valence-corrected chi connectivity index (χ2v) is 8.63. The molecule has 26 heavy (non-hydrogen) atoms. The lowest BCUT2D eigenvalue weighted by molar-refractivity contribution is 0.0956. The predicted molar refractivity (Wildman–Crippen MR) is 102 cm³/mol. The molecular formula is C19H24N2O4S. The van der Waals surface area contributed by atoms with Gasteiger partial charge in [-0.25, -0.2) is 8.42 Å². The third-order valence-corrected chi connectivity index (χ3v) is 5.68. The Morgan fingerprint density at radius 3 is 2.69 bits per heavy atom. The van der Waals surface area contributed by atoms with Crippen LogP contribution < -0.4 is 10.1 Å². The lowest BCUT2D eigenvalue weighted by Gasteiger charge is -2.10. The molecule has 2 aromatic rings. The number of carbonyl (C=O) groups is 1. The van der Waals surface area contributed by atoms with Gasteiger partial charge < -0.3 is 10.1 Å². The number of aromatic nitrogens is 1. The summed E-state index contributed by atoms with van der Waals surface area (Å²) < 4.78 is 29.1. The normalized spacial score (nSPS) is 11.4. The average Bonchev–Trinajstić information content (AvgIpc) is 2.60. The first-order valence-electron chi connectivity index (χ1n) is 8.40. The largest absolute Gasteiger partial charge is 0.494 e. The van der Waals surface area contributed by atoms with Gasteiger partial charge in [-0.1, -0.05) is 26.0 Å². The molecule has 1 heterocycles. The van der Waals surface area contributed by atoms with Crippen molar-refractivity contribution in [1.82, 2.24) is 10.3 Å². The highest BCUT2D eigenvalue weighted by Gasteiger charge is 2.15. The van der Waals surface area contributed by atoms with Gasteiger partial charge in [0.15, 0.2) is 9.84 Å². The highest BCUT2D eigenvalue weighted by Crippen LogP contribution is 2.27. The average molecular weight is 376 g/mol. The minimum absolute atomic E-state index is 0.0648. The summed E-state index contributed by atoms with van der Waals surface area (Å²) in [5, 5.41) is 2.67. The number of nitrogens with one attached hydrogen (secondary N) is 1. The van der Waals surface area contributed by atoms with Crippen LogP contribution in [0.15, 0.2) is 42.6 Å². The van der Waals surface area contributed by atoms with Crippen molar-refractivity contribution in [2.75, 3.05) is 25.2 Å². The number of sulfone groups is 1. The van der Waals surface area contributed by atoms with Crippen LogP contribution >= 0.6 is 0 Å². The molecule has 1 N–H and O–H groups in total. The number of amides is 1. The van der Waals surface area contributed by atoms with E-state index in [1.165, 1.54) is 0 Å². The van der Waals surface area contributed by atoms with Gasteiger partial charge in [-0.15, -0.1) is 0 Å². The third-order valence-electron chi connectivity index (χ3n) is 3.67. The van der Waals surface area contributed by atoms with Crippen LogP contribution in [0.3, 0.4) is 0 Å². The Hall–Kier alpha value is -2.41. The van der Waals surface area contributed by atoms with Crippen molar-refractivity contribution in [3.8, 4) is 17.0 Å². The lowest BCUT2D eigenvalue weighted by atomic mass is 10.1. The van der Waals surface area contributed by atoms with E-state index >= 15 is 0 Å². The molecule has 0 aliphatic carbocycles. The lowest BCUT2D eigenvalue weighted by Crippen LogP contribution is -2.30. The molecule has 6 nitrogen and oxygen atoms in total. The standard InChI is InChI=1S/C19H24N2O4S/c1-14(2)13-26(23,24)11-10-21-19(22)16-7-4-6-15(12-16)18-17(25-3)8-5-9-20-18/h4-9,12,14H,10-11,13H2,1-3H3,(H,21,22). The molecule has 1 amide bonds. The minimum Gasteiger partial charge on any atom is -0.494 e. The Balaban J connectivity index is 2.07. The molecule has 0 saturated carbocycles. The highest BCUT2D eigenvalue weighted by molar-refractivity contribution is 7.91. The molecular weight excluding hydrogens is 352 g/mol. The molecule has 0 radical (unpaired) electrons. The van der Waals surface area contributed by atoms with E-state index in [9.17, 15) is 13.2 Å². The van der Waals surface area contributed by atoms with Crippen molar-refractivity contribution in [1.29, 1.82) is 0 Å². The summed E-state index contributed by atoms with van der Waals surface area (Å²) in [5.74, 6) is 0.426. The molecule has 1 aromatic heterocycles. The van der Waals surface area contributed by atoms with E-state index in [4.69, 9.17) is 4.74 Å². The van der Waals surface area contributed by atoms with Crippen molar-refractivity contribution in [2.24, 2.45) is 5.92 Å². The Morgan fingerprint density at radius 2 is 2.00 bits per heavy atom. The fourth-order valence-electron chi connectivity index (χ4n) is 2.59. The van der Waals surface area contributed by atoms with E-state index in [1.54, 1.807) is 43.6 Å². The fraction of sp³-hybridized carbons (Fsp3) is 0.368. The molecule has 0 fully saturated rings. The number of hydrogen-bond acceptors (Lipinski definition) is 5. The molecule has 0 saturated heterocycles. The summed E-state index contributed by atoms with van der Waals surface area (Å²) in [6, 6.07) is 10.6. The van der Waals surface area contributed by atoms with Crippen LogP contribution in [0.25, 0.3) is 11.3 Å². The van der Waals surface area contributed by atoms with Crippen LogP contribution in [-0.2, 0) is 9.84 Å². The van der Waals surface area contributed by atoms with Gasteiger partial charge >= 0.3 is 0 Å². The van der Waals surface area contributed by atoms with E-state index in [2.05, 4.69) is 10.3 Å². The Bertz CT molecular complexity index is 863. The van der Waals surface area contributed by atoms with Crippen LogP contribution in [-0.4, -0.2) is 44.5 Å². The Labute approximate surface area is 154 Å². The number of ether oxygens (including phenoxy) is 1. The van der Waals surface area contributed by atoms with Crippen LogP contribution in [0.5, 0.6) is 5.75 Å². The number of rotatable bonds is 8. The topological polar surface area (TPSA) is 85.4 Å². The molecule has 7 heteroatoms. The van der Waals surface area contributed by atoms with Crippen molar-refractivity contribution >= 4 is 15.7 Å². The van der Waals surface area contributed by atoms with Gasteiger partial charge in [0, 0.05) is 23.9 Å². The maximum absolute atomic E-state index is 12.3. The SMILES string of the molecule is COc1cccnc1-c1cccc(C(=O)NCCS(=O)(=O)CC(C)C)c1. The van der Waals surface area contributed by atoms with Crippen molar-refractivity contribution in [2.45, 2.75) is 13.8 Å². The van der Waals surface area contributed by atoms with Gasteiger partial charge in [-0.3, -0.25) is 9.78 Å². The van der Waals surface area contributed by atoms with E-state index in [-0.39, 0.29) is 29.9 Å². The Morgan fingerprint density at radius 1 is 1.23 bits per heavy atom. The summed E-state index contributed by atoms with van der Waals surface area (Å²) in [4.78, 5) is 16.6. The number of pyridine rings is 1. The van der Waals surface area contributed by atoms with Gasteiger partial charge in [0.05, 0.1) is 18.6 Å². The number of methoxy groups -OCH3 is 1. The van der Waals surface area contributed by atoms with Gasteiger partial charge in [-0.2, -0.15) is 0 Å². The van der Waals surface area contributed by atoms with Crippen LogP contribution in [0, 0.1) is 5.92 Å². The van der Waals surface area contributed by atoms with Crippen molar-refractivity contribution in [3.05, 3.63) is 48.2 Å². The van der Waals surface area contributed by atoms with Crippen molar-refractivity contribution < 1.29 is 17.9 Å². The van der Waals surface area contributed by atoms with Crippen LogP contribution in [0.1, 0.15) is 24.2 Å². The molecule has 1 aromatic carbocycles. The summed E-state index contributed by atoms with van der Waals surface area (Å²) in [6.07, 6.45) is 1.66. The summed E-state index contributed by atoms with van der Waals surface area (Å²) >= 11 is 0. The molecule has 0 bridgehead atoms. The predicted octanol–water partition coefficient (Wildman–Crippen LogP) is 2.56. The van der Waals surface area contributed by atoms with Gasteiger partial charge in [-0.05, 0) is 30.2 Å². The van der Waals surface area contributed by atoms with Gasteiger partial charge in [0.25, 0.3) is 5.91 Å². The monoisotopic (exact) mass is 376 g/mol. The molecule has 0 aliphatic heterocycles. The van der Waals surface area contributed by atoms with Gasteiger partial charge in [0.1, 0.15) is 11.4 Å². The smallest absolute Gasteiger partial charge is 0.251 e. The zero-order valence-electron chi connectivity index (χ0n) is 15.2. The number of benzene rings is 1. The molecule has 140 valence electrons. The first kappa shape index (κ1) is 19.9. The second-order valence-electron chi connectivity index (χ2n) is 6.40. The van der Waals surface area contributed by atoms with E-state index in [0.717, 1.165) is 5.56 Å². The van der Waals surface area contributed by atoms with Crippen LogP contribution in [0.4, 0.5) is 0 Å². The number of nitrogens with zero attached hydrogens (tertiary/aromatic N) is 1. The molecule has 2 rings (SSSR count). The van der Waals surface area contributed by atoms with Gasteiger partial charge in [0.2, 0.25) is 0 Å². The van der Waals surface area contributed by atoms with E-state index in [0.29, 0.717) is 17.0 Å². The fourth-order valence-corrected chi connectivity index (χ4v) is 4.19. The Kier molecular flexibility index (Phi) is 6.74. The minimum atomic E-state index is -3.16. The van der Waals surface area contributed by atoms with Crippen LogP contribution in [0.2, 0.25) is 0 Å². The first-order chi connectivity index (χ1) is 12.3. The molecule has 0 unspecified atom stereocenters. The van der Waals surface area contributed by atoms with E-state index in [1.807, 2.05) is 19.9 Å². The second kappa shape index (κ2) is 8.80. The number of carbonyl (C=O) groups excluding carboxylic acids is 1. The summed E-state index contributed by atoms with van der Waals surface area (Å²) in [5.41, 5.74) is 1.84. The maximum Gasteiger partial charge on any atom is 0.251 e. The molecule has 0 spiro atoms. The zero-order valence-corrected chi connectivity index (χ0v) is 16.0. The van der Waals surface area contributed by atoms with E-state index < -0.39 is 9.84 Å². The quantitative estimate of drug-likeness (QED) is 0.765. The number of hydrogen-bond donors (Lipinski definition) is 1. The molecule has 0 atom stereocenters. The van der Waals surface area contributed by atoms with Crippen molar-refractivity contribution in [3.63, 3.8) is 0 Å². The zero-order chi connectivity index (χ0) is 19.2. The summed E-state index contributed by atoms with van der Waals surface area (Å²) in [6.45, 7) is 3.80.